The maximum atomic E-state index is 11.7. The third-order valence-electron chi connectivity index (χ3n) is 11.0. The van der Waals surface area contributed by atoms with Crippen LogP contribution in [0.4, 0.5) is 0 Å². The van der Waals surface area contributed by atoms with Crippen molar-refractivity contribution in [2.24, 2.45) is 5.73 Å². The van der Waals surface area contributed by atoms with Gasteiger partial charge in [0.2, 0.25) is 5.91 Å². The Morgan fingerprint density at radius 1 is 0.483 bits per heavy atom. The first-order chi connectivity index (χ1) is 26.9. The van der Waals surface area contributed by atoms with E-state index in [0.717, 1.165) is 66.1 Å². The molecule has 58 heavy (non-hydrogen) atoms. The minimum Gasteiger partial charge on any atom is -0.370 e. The van der Waals surface area contributed by atoms with Gasteiger partial charge in [-0.3, -0.25) is 4.79 Å². The van der Waals surface area contributed by atoms with Gasteiger partial charge >= 0.3 is 19.5 Å². The number of aromatic nitrogens is 8. The van der Waals surface area contributed by atoms with Crippen molar-refractivity contribution >= 4 is 50.0 Å². The number of carbonyl (C=O) groups excluding carboxylic acids is 1. The Kier molecular flexibility index (Phi) is 9.27. The molecule has 3 aromatic heterocycles. The molecule has 0 saturated carbocycles. The fourth-order valence-corrected chi connectivity index (χ4v) is 7.53. The van der Waals surface area contributed by atoms with Gasteiger partial charge in [0, 0.05) is 51.3 Å². The van der Waals surface area contributed by atoms with Gasteiger partial charge in [-0.2, -0.15) is 0 Å². The topological polar surface area (TPSA) is 149 Å². The minimum atomic E-state index is -0.356. The second-order valence-corrected chi connectivity index (χ2v) is 18.4. The van der Waals surface area contributed by atoms with Crippen LogP contribution in [0.5, 0.6) is 0 Å². The quantitative estimate of drug-likeness (QED) is 0.172. The summed E-state index contributed by atoms with van der Waals surface area (Å²) in [6.07, 6.45) is 0.725. The van der Waals surface area contributed by atoms with Crippen molar-refractivity contribution in [1.29, 1.82) is 0 Å². The van der Waals surface area contributed by atoms with Crippen LogP contribution in [-0.4, -0.2) is 35.8 Å². The van der Waals surface area contributed by atoms with E-state index in [1.165, 1.54) is 0 Å². The van der Waals surface area contributed by atoms with Crippen LogP contribution in [-0.2, 0) is 46.9 Å². The van der Waals surface area contributed by atoms with Gasteiger partial charge in [0.15, 0.2) is 0 Å². The first-order valence-electron chi connectivity index (χ1n) is 19.5. The molecule has 2 aliphatic rings. The fourth-order valence-electron chi connectivity index (χ4n) is 7.53. The molecule has 1 amide bonds. The number of carbonyl (C=O) groups is 1. The standard InChI is InChI=1S/C47H46N9O.Zn/c1-45(2,3)25-12-16-29-33(21-25)43-52-38(29)50-41-32-20-24(11-19-36(48)57)10-15-28(32)37(49-41)51-42-34-22-26(46(4,5)6)13-17-30(34)39(53-42)55-44-35-23-27(47(7,8)9)14-18-31(35)40(54-43)56-44;/h10,12-18,20-23H,11,19H2,1-9H3,(H3-,48,49,50,51,52,53,54,55,56,57);/q-1;+2/p-1. The van der Waals surface area contributed by atoms with Crippen molar-refractivity contribution in [3.8, 4) is 45.6 Å². The monoisotopic (exact) mass is 815 g/mol. The number of aryl methyl sites for hydroxylation is 1. The van der Waals surface area contributed by atoms with E-state index in [1.54, 1.807) is 0 Å². The largest absolute Gasteiger partial charge is 2.00 e. The van der Waals surface area contributed by atoms with Crippen LogP contribution in [0, 0.1) is 0 Å². The Hall–Kier alpha value is -5.67. The van der Waals surface area contributed by atoms with E-state index in [0.29, 0.717) is 52.3 Å². The average Bonchev–Trinajstić information content (AvgIpc) is 3.87. The maximum absolute atomic E-state index is 11.7. The second-order valence-electron chi connectivity index (χ2n) is 18.4. The van der Waals surface area contributed by atoms with Crippen LogP contribution in [0.2, 0.25) is 0 Å². The summed E-state index contributed by atoms with van der Waals surface area (Å²) in [6.45, 7) is 19.8. The van der Waals surface area contributed by atoms with E-state index < -0.39 is 0 Å². The molecule has 0 radical (unpaired) electrons. The number of rotatable bonds is 3. The number of hydrogen-bond donors (Lipinski definition) is 1. The summed E-state index contributed by atoms with van der Waals surface area (Å²) in [5.74, 6) is 1.69. The van der Waals surface area contributed by atoms with Gasteiger partial charge in [-0.15, -0.1) is 0 Å². The average molecular weight is 817 g/mol. The predicted octanol–water partition coefficient (Wildman–Crippen LogP) is 9.44. The molecule has 5 heterocycles. The van der Waals surface area contributed by atoms with Crippen molar-refractivity contribution in [3.05, 3.63) is 95.1 Å². The summed E-state index contributed by atoms with van der Waals surface area (Å²) in [4.78, 5) is 53.0. The smallest absolute Gasteiger partial charge is 0.370 e. The zero-order valence-electron chi connectivity index (χ0n) is 34.6. The molecule has 2 aliphatic heterocycles. The van der Waals surface area contributed by atoms with Gasteiger partial charge < -0.3 is 35.6 Å². The van der Waals surface area contributed by atoms with Crippen molar-refractivity contribution in [3.63, 3.8) is 0 Å². The molecule has 0 unspecified atom stereocenters. The molecule has 0 saturated heterocycles. The summed E-state index contributed by atoms with van der Waals surface area (Å²) >= 11 is 0. The number of benzene rings is 4. The van der Waals surface area contributed by atoms with E-state index in [9.17, 15) is 4.79 Å². The van der Waals surface area contributed by atoms with Crippen LogP contribution >= 0.6 is 0 Å². The molecule has 9 rings (SSSR count). The number of amides is 1. The Labute approximate surface area is 350 Å². The summed E-state index contributed by atoms with van der Waals surface area (Å²) < 4.78 is 0. The molecule has 0 aliphatic carbocycles. The van der Waals surface area contributed by atoms with Gasteiger partial charge in [-0.25, -0.2) is 9.97 Å². The SMILES string of the molecule is CC(C)(C)c1ccc2c(c1)-c1nc-2nc2[n-]c(nc3nc(nc4[n-]c(n1)c1ccc(CCC(N)=O)cc41)-c1ccc(C(C)(C)C)cc1-3)c1ccc(C(C)(C)C)cc21.[Zn+2]. The third kappa shape index (κ3) is 6.89. The number of nitrogens with zero attached hydrogens (tertiary/aromatic N) is 8. The Morgan fingerprint density at radius 2 is 0.862 bits per heavy atom. The first kappa shape index (κ1) is 39.2. The molecule has 2 N–H and O–H groups in total. The Balaban J connectivity index is 0.00000469. The van der Waals surface area contributed by atoms with E-state index in [4.69, 9.17) is 45.6 Å². The molecular formula is C47H45N9OZn. The summed E-state index contributed by atoms with van der Waals surface area (Å²) in [5.41, 5.74) is 15.1. The molecule has 8 bridgehead atoms. The van der Waals surface area contributed by atoms with E-state index in [-0.39, 0.29) is 48.1 Å². The van der Waals surface area contributed by atoms with Crippen molar-refractivity contribution < 1.29 is 24.3 Å². The summed E-state index contributed by atoms with van der Waals surface area (Å²) in [7, 11) is 0. The zero-order chi connectivity index (χ0) is 40.2. The summed E-state index contributed by atoms with van der Waals surface area (Å²) in [6, 6.07) is 25.2. The fraction of sp³-hybridized carbons (Fsp3) is 0.298. The van der Waals surface area contributed by atoms with Gasteiger partial charge in [0.05, 0.1) is 23.3 Å². The van der Waals surface area contributed by atoms with Crippen molar-refractivity contribution in [2.75, 3.05) is 0 Å². The molecule has 0 spiro atoms. The van der Waals surface area contributed by atoms with Gasteiger partial charge in [-0.05, 0) is 84.7 Å². The van der Waals surface area contributed by atoms with Crippen LogP contribution in [0.25, 0.3) is 89.7 Å². The van der Waals surface area contributed by atoms with Crippen LogP contribution < -0.4 is 15.7 Å². The second kappa shape index (κ2) is 13.7. The van der Waals surface area contributed by atoms with Crippen LogP contribution in [0.3, 0.4) is 0 Å². The molecule has 0 fully saturated rings. The predicted molar refractivity (Wildman–Crippen MR) is 228 cm³/mol. The molecule has 0 atom stereocenters. The van der Waals surface area contributed by atoms with Crippen molar-refractivity contribution in [1.82, 2.24) is 39.9 Å². The van der Waals surface area contributed by atoms with Crippen molar-refractivity contribution in [2.45, 2.75) is 91.4 Å². The van der Waals surface area contributed by atoms with Gasteiger partial charge in [-0.1, -0.05) is 117 Å². The normalized spacial score (nSPS) is 12.7. The number of fused-ring (bicyclic) bond motifs is 20. The zero-order valence-corrected chi connectivity index (χ0v) is 37.6. The Bertz CT molecular complexity index is 2990. The van der Waals surface area contributed by atoms with Crippen LogP contribution in [0.15, 0.2) is 72.8 Å². The van der Waals surface area contributed by atoms with E-state index in [2.05, 4.69) is 117 Å². The summed E-state index contributed by atoms with van der Waals surface area (Å²) in [5, 5.41) is 3.36. The maximum Gasteiger partial charge on any atom is 2.00 e. The molecule has 7 aromatic rings. The number of primary amides is 1. The number of hydrogen-bond acceptors (Lipinski definition) is 7. The molecule has 286 valence electrons. The first-order valence-corrected chi connectivity index (χ1v) is 19.5. The molecule has 11 heteroatoms. The molecular weight excluding hydrogens is 772 g/mol. The number of nitrogens with two attached hydrogens (primary N) is 1. The van der Waals surface area contributed by atoms with Gasteiger partial charge in [0.25, 0.3) is 0 Å². The minimum absolute atomic E-state index is 0. The van der Waals surface area contributed by atoms with E-state index in [1.807, 2.05) is 18.2 Å². The third-order valence-corrected chi connectivity index (χ3v) is 11.0. The molecule has 10 nitrogen and oxygen atoms in total. The van der Waals surface area contributed by atoms with E-state index >= 15 is 0 Å². The molecule has 4 aromatic carbocycles. The van der Waals surface area contributed by atoms with Gasteiger partial charge in [0.1, 0.15) is 0 Å². The Morgan fingerprint density at radius 3 is 1.31 bits per heavy atom. The van der Waals surface area contributed by atoms with Crippen LogP contribution in [0.1, 0.15) is 91.0 Å².